The predicted octanol–water partition coefficient (Wildman–Crippen LogP) is 8.72. The first kappa shape index (κ1) is 63.8. The number of nitrogens with one attached hydrogen (secondary N) is 1. The minimum atomic E-state index is -1.78. The first-order valence-corrected chi connectivity index (χ1v) is 28.4. The highest BCUT2D eigenvalue weighted by atomic mass is 16.7. The van der Waals surface area contributed by atoms with E-state index in [-0.39, 0.29) is 12.5 Å². The molecule has 9 N–H and O–H groups in total. The molecule has 12 unspecified atom stereocenters. The topological polar surface area (TPSA) is 228 Å². The Balaban J connectivity index is 1.64. The van der Waals surface area contributed by atoms with Crippen LogP contribution in [0.2, 0.25) is 0 Å². The van der Waals surface area contributed by atoms with E-state index in [0.717, 1.165) is 51.4 Å². The monoisotopic (exact) mass is 988 g/mol. The van der Waals surface area contributed by atoms with Crippen LogP contribution in [0.25, 0.3) is 0 Å². The van der Waals surface area contributed by atoms with Gasteiger partial charge in [0.25, 0.3) is 0 Å². The number of aliphatic hydroxyl groups excluding tert-OH is 8. The van der Waals surface area contributed by atoms with Crippen molar-refractivity contribution in [3.05, 3.63) is 12.2 Å². The molecule has 14 nitrogen and oxygen atoms in total. The summed E-state index contributed by atoms with van der Waals surface area (Å²) >= 11 is 0. The number of carbonyl (C=O) groups is 1. The summed E-state index contributed by atoms with van der Waals surface area (Å²) in [7, 11) is 0. The van der Waals surface area contributed by atoms with E-state index in [9.17, 15) is 45.6 Å². The number of aliphatic hydroxyl groups is 8. The van der Waals surface area contributed by atoms with Gasteiger partial charge in [-0.25, -0.2) is 0 Å². The van der Waals surface area contributed by atoms with Gasteiger partial charge in [0.15, 0.2) is 12.6 Å². The molecule has 0 saturated carbocycles. The van der Waals surface area contributed by atoms with E-state index in [1.165, 1.54) is 161 Å². The average Bonchev–Trinajstić information content (AvgIpc) is 3.35. The lowest BCUT2D eigenvalue weighted by molar-refractivity contribution is -0.359. The van der Waals surface area contributed by atoms with Gasteiger partial charge in [0.05, 0.1) is 32.0 Å². The number of hydrogen-bond acceptors (Lipinski definition) is 13. The lowest BCUT2D eigenvalue weighted by atomic mass is 9.97. The Morgan fingerprint density at radius 2 is 0.913 bits per heavy atom. The summed E-state index contributed by atoms with van der Waals surface area (Å²) in [6.45, 7) is 2.83. The van der Waals surface area contributed by atoms with Gasteiger partial charge in [-0.3, -0.25) is 4.79 Å². The summed E-state index contributed by atoms with van der Waals surface area (Å²) in [5.74, 6) is -0.207. The van der Waals surface area contributed by atoms with Crippen molar-refractivity contribution in [2.75, 3.05) is 19.8 Å². The largest absolute Gasteiger partial charge is 0.394 e. The summed E-state index contributed by atoms with van der Waals surface area (Å²) in [6.07, 6.45) is 29.7. The molecule has 2 fully saturated rings. The van der Waals surface area contributed by atoms with Crippen LogP contribution in [0.15, 0.2) is 12.2 Å². The Hall–Kier alpha value is -1.27. The molecule has 2 heterocycles. The van der Waals surface area contributed by atoms with Gasteiger partial charge in [-0.1, -0.05) is 206 Å². The summed E-state index contributed by atoms with van der Waals surface area (Å²) in [6, 6.07) is -0.822. The molecule has 0 bridgehead atoms. The molecule has 0 aromatic heterocycles. The SMILES string of the molecule is CCCCCCCCCC/C=C\CCCCCCCCCCCCCCCCCC(=O)NC(COC1OC(CO)C(OC2OC(CO)C(O)C(O)C2O)C(O)C1O)C(O)CCCCCCCCCC. The number of rotatable bonds is 45. The van der Waals surface area contributed by atoms with Crippen molar-refractivity contribution in [2.24, 2.45) is 0 Å². The van der Waals surface area contributed by atoms with Gasteiger partial charge in [-0.05, 0) is 38.5 Å². The van der Waals surface area contributed by atoms with Crippen LogP contribution in [-0.4, -0.2) is 140 Å². The quantitative estimate of drug-likeness (QED) is 0.0206. The summed E-state index contributed by atoms with van der Waals surface area (Å²) < 4.78 is 22.7. The highest BCUT2D eigenvalue weighted by molar-refractivity contribution is 5.76. The Kier molecular flexibility index (Phi) is 39.0. The summed E-state index contributed by atoms with van der Waals surface area (Å²) in [5.41, 5.74) is 0. The minimum Gasteiger partial charge on any atom is -0.394 e. The summed E-state index contributed by atoms with van der Waals surface area (Å²) in [4.78, 5) is 13.2. The molecule has 0 aliphatic carbocycles. The molecule has 0 aromatic carbocycles. The first-order valence-electron chi connectivity index (χ1n) is 28.4. The van der Waals surface area contributed by atoms with Gasteiger partial charge < -0.3 is 65.1 Å². The fraction of sp³-hybridized carbons (Fsp3) is 0.945. The van der Waals surface area contributed by atoms with Crippen LogP contribution in [0, 0.1) is 0 Å². The first-order chi connectivity index (χ1) is 33.6. The van der Waals surface area contributed by atoms with Gasteiger partial charge in [0.2, 0.25) is 5.91 Å². The molecule has 0 spiro atoms. The number of allylic oxidation sites excluding steroid dienone is 2. The third-order valence-corrected chi connectivity index (χ3v) is 14.2. The molecule has 69 heavy (non-hydrogen) atoms. The zero-order valence-electron chi connectivity index (χ0n) is 43.6. The molecular weight excluding hydrogens is 883 g/mol. The summed E-state index contributed by atoms with van der Waals surface area (Å²) in [5, 5.41) is 86.8. The van der Waals surface area contributed by atoms with Crippen molar-refractivity contribution in [3.63, 3.8) is 0 Å². The number of ether oxygens (including phenoxy) is 4. The standard InChI is InChI=1S/C55H105NO13/c1-3-5-7-9-11-13-14-15-16-17-18-19-20-21-22-23-24-25-26-27-28-29-30-31-33-35-37-39-47(60)56-43(44(59)38-36-34-32-12-10-8-6-4-2)42-66-54-52(65)50(63)53(46(41-58)68-54)69-55-51(64)49(62)48(61)45(40-57)67-55/h17-18,43-46,48-55,57-59,61-65H,3-16,19-42H2,1-2H3,(H,56,60)/b18-17-. The van der Waals surface area contributed by atoms with Crippen LogP contribution in [0.5, 0.6) is 0 Å². The van der Waals surface area contributed by atoms with E-state index in [0.29, 0.717) is 12.8 Å². The molecule has 0 aromatic rings. The normalized spacial score (nSPS) is 26.2. The van der Waals surface area contributed by atoms with Crippen LogP contribution >= 0.6 is 0 Å². The van der Waals surface area contributed by atoms with Gasteiger partial charge >= 0.3 is 0 Å². The highest BCUT2D eigenvalue weighted by Gasteiger charge is 2.51. The maximum atomic E-state index is 13.2. The Morgan fingerprint density at radius 1 is 0.507 bits per heavy atom. The Morgan fingerprint density at radius 3 is 1.38 bits per heavy atom. The van der Waals surface area contributed by atoms with E-state index in [1.807, 2.05) is 0 Å². The van der Waals surface area contributed by atoms with Crippen molar-refractivity contribution in [3.8, 4) is 0 Å². The molecule has 0 radical (unpaired) electrons. The molecule has 2 saturated heterocycles. The maximum absolute atomic E-state index is 13.2. The fourth-order valence-electron chi connectivity index (χ4n) is 9.59. The number of unbranched alkanes of at least 4 members (excludes halogenated alkanes) is 30. The maximum Gasteiger partial charge on any atom is 0.220 e. The van der Waals surface area contributed by atoms with Gasteiger partial charge in [0, 0.05) is 6.42 Å². The van der Waals surface area contributed by atoms with E-state index in [2.05, 4.69) is 31.3 Å². The lowest BCUT2D eigenvalue weighted by Crippen LogP contribution is -2.65. The third kappa shape index (κ3) is 28.7. The number of hydrogen-bond donors (Lipinski definition) is 9. The van der Waals surface area contributed by atoms with Gasteiger partial charge in [-0.15, -0.1) is 0 Å². The van der Waals surface area contributed by atoms with E-state index in [1.54, 1.807) is 0 Å². The Labute approximate surface area is 418 Å². The molecule has 14 heteroatoms. The molecule has 2 rings (SSSR count). The predicted molar refractivity (Wildman–Crippen MR) is 272 cm³/mol. The average molecular weight is 988 g/mol. The fourth-order valence-corrected chi connectivity index (χ4v) is 9.59. The van der Waals surface area contributed by atoms with E-state index in [4.69, 9.17) is 18.9 Å². The lowest BCUT2D eigenvalue weighted by Gasteiger charge is -2.46. The third-order valence-electron chi connectivity index (χ3n) is 14.2. The van der Waals surface area contributed by atoms with Crippen molar-refractivity contribution in [1.29, 1.82) is 0 Å². The Bertz CT molecular complexity index is 1210. The smallest absolute Gasteiger partial charge is 0.220 e. The molecular formula is C55H105NO13. The van der Waals surface area contributed by atoms with Crippen LogP contribution in [0.4, 0.5) is 0 Å². The zero-order chi connectivity index (χ0) is 50.3. The van der Waals surface area contributed by atoms with Crippen LogP contribution in [-0.2, 0) is 23.7 Å². The molecule has 408 valence electrons. The van der Waals surface area contributed by atoms with Crippen molar-refractivity contribution >= 4 is 5.91 Å². The minimum absolute atomic E-state index is 0.207. The second-order valence-electron chi connectivity index (χ2n) is 20.4. The number of carbonyl (C=O) groups excluding carboxylic acids is 1. The van der Waals surface area contributed by atoms with Crippen molar-refractivity contribution in [1.82, 2.24) is 5.32 Å². The van der Waals surface area contributed by atoms with Crippen molar-refractivity contribution < 1.29 is 64.6 Å². The highest BCUT2D eigenvalue weighted by Crippen LogP contribution is 2.30. The van der Waals surface area contributed by atoms with Crippen LogP contribution in [0.3, 0.4) is 0 Å². The molecule has 12 atom stereocenters. The van der Waals surface area contributed by atoms with E-state index < -0.39 is 86.8 Å². The second-order valence-corrected chi connectivity index (χ2v) is 20.4. The van der Waals surface area contributed by atoms with Gasteiger partial charge in [-0.2, -0.15) is 0 Å². The number of amides is 1. The molecule has 1 amide bonds. The zero-order valence-corrected chi connectivity index (χ0v) is 43.6. The van der Waals surface area contributed by atoms with Crippen LogP contribution in [0.1, 0.15) is 239 Å². The molecule has 2 aliphatic rings. The van der Waals surface area contributed by atoms with E-state index >= 15 is 0 Å². The van der Waals surface area contributed by atoms with Crippen LogP contribution < -0.4 is 5.32 Å². The second kappa shape index (κ2) is 42.1. The molecule has 2 aliphatic heterocycles. The van der Waals surface area contributed by atoms with Gasteiger partial charge in [0.1, 0.15) is 48.8 Å². The van der Waals surface area contributed by atoms with Crippen molar-refractivity contribution in [2.45, 2.75) is 312 Å².